The summed E-state index contributed by atoms with van der Waals surface area (Å²) in [4.78, 5) is 18.3. The standard InChI is InChI=1S/C20H25N3O2/c1-15-9-11-23(13-15)20(24)22-16(2)18-5-7-19(8-6-18)25-14-17-4-3-10-21-12-17/h3-8,10,12,15-16H,9,11,13-14H2,1-2H3,(H,22,24)/t15-,16-/m1/s1. The summed E-state index contributed by atoms with van der Waals surface area (Å²) in [6.07, 6.45) is 4.63. The Morgan fingerprint density at radius 1 is 1.36 bits per heavy atom. The third kappa shape index (κ3) is 4.72. The van der Waals surface area contributed by atoms with Crippen LogP contribution in [0.2, 0.25) is 0 Å². The van der Waals surface area contributed by atoms with Crippen molar-refractivity contribution in [3.05, 3.63) is 59.9 Å². The van der Waals surface area contributed by atoms with Crippen LogP contribution in [0.3, 0.4) is 0 Å². The lowest BCUT2D eigenvalue weighted by Crippen LogP contribution is -2.39. The molecule has 5 nitrogen and oxygen atoms in total. The van der Waals surface area contributed by atoms with Crippen LogP contribution in [0, 0.1) is 5.92 Å². The first-order valence-corrected chi connectivity index (χ1v) is 8.79. The molecule has 1 N–H and O–H groups in total. The number of nitrogens with zero attached hydrogens (tertiary/aromatic N) is 2. The summed E-state index contributed by atoms with van der Waals surface area (Å²) >= 11 is 0. The summed E-state index contributed by atoms with van der Waals surface area (Å²) in [7, 11) is 0. The zero-order chi connectivity index (χ0) is 17.6. The van der Waals surface area contributed by atoms with Gasteiger partial charge in [-0.1, -0.05) is 25.1 Å². The van der Waals surface area contributed by atoms with Gasteiger partial charge in [0.05, 0.1) is 6.04 Å². The number of carbonyl (C=O) groups excluding carboxylic acids is 1. The maximum absolute atomic E-state index is 12.3. The van der Waals surface area contributed by atoms with E-state index in [1.165, 1.54) is 0 Å². The van der Waals surface area contributed by atoms with Gasteiger partial charge in [0.25, 0.3) is 0 Å². The fourth-order valence-electron chi connectivity index (χ4n) is 2.98. The molecule has 1 aromatic carbocycles. The van der Waals surface area contributed by atoms with Crippen molar-refractivity contribution in [2.75, 3.05) is 13.1 Å². The Hall–Kier alpha value is -2.56. The number of amides is 2. The number of urea groups is 1. The smallest absolute Gasteiger partial charge is 0.317 e. The molecule has 132 valence electrons. The summed E-state index contributed by atoms with van der Waals surface area (Å²) in [5.41, 5.74) is 2.10. The molecular weight excluding hydrogens is 314 g/mol. The van der Waals surface area contributed by atoms with E-state index in [-0.39, 0.29) is 12.1 Å². The van der Waals surface area contributed by atoms with Crippen molar-refractivity contribution in [1.82, 2.24) is 15.2 Å². The molecule has 1 aliphatic rings. The van der Waals surface area contributed by atoms with E-state index in [0.29, 0.717) is 12.5 Å². The molecule has 0 bridgehead atoms. The SMILES string of the molecule is C[C@@H]1CCN(C(=O)N[C@H](C)c2ccc(OCc3cccnc3)cc2)C1. The number of likely N-dealkylation sites (tertiary alicyclic amines) is 1. The molecule has 0 spiro atoms. The number of pyridine rings is 1. The summed E-state index contributed by atoms with van der Waals surface area (Å²) < 4.78 is 5.77. The van der Waals surface area contributed by atoms with Crippen LogP contribution in [0.4, 0.5) is 4.79 Å². The van der Waals surface area contributed by atoms with Crippen LogP contribution in [0.1, 0.15) is 37.4 Å². The Bertz CT molecular complexity index is 688. The summed E-state index contributed by atoms with van der Waals surface area (Å²) in [6, 6.07) is 11.7. The second-order valence-electron chi connectivity index (χ2n) is 6.73. The molecule has 0 unspecified atom stereocenters. The van der Waals surface area contributed by atoms with Gasteiger partial charge in [-0.15, -0.1) is 0 Å². The van der Waals surface area contributed by atoms with Crippen molar-refractivity contribution < 1.29 is 9.53 Å². The van der Waals surface area contributed by atoms with E-state index in [1.807, 2.05) is 48.2 Å². The van der Waals surface area contributed by atoms with E-state index >= 15 is 0 Å². The van der Waals surface area contributed by atoms with Crippen LogP contribution < -0.4 is 10.1 Å². The predicted molar refractivity (Wildman–Crippen MR) is 97.3 cm³/mol. The van der Waals surface area contributed by atoms with Gasteiger partial charge in [-0.2, -0.15) is 0 Å². The van der Waals surface area contributed by atoms with Gasteiger partial charge in [0, 0.05) is 31.0 Å². The van der Waals surface area contributed by atoms with Gasteiger partial charge >= 0.3 is 6.03 Å². The summed E-state index contributed by atoms with van der Waals surface area (Å²) in [6.45, 7) is 6.37. The molecule has 1 saturated heterocycles. The van der Waals surface area contributed by atoms with E-state index in [9.17, 15) is 4.79 Å². The summed E-state index contributed by atoms with van der Waals surface area (Å²) in [5.74, 6) is 1.40. The minimum Gasteiger partial charge on any atom is -0.489 e. The van der Waals surface area contributed by atoms with Crippen LogP contribution in [-0.2, 0) is 6.61 Å². The van der Waals surface area contributed by atoms with Crippen LogP contribution in [0.5, 0.6) is 5.75 Å². The minimum atomic E-state index is -0.0317. The first kappa shape index (κ1) is 17.3. The number of ether oxygens (including phenoxy) is 1. The van der Waals surface area contributed by atoms with E-state index in [1.54, 1.807) is 12.4 Å². The number of carbonyl (C=O) groups is 1. The highest BCUT2D eigenvalue weighted by Gasteiger charge is 2.24. The van der Waals surface area contributed by atoms with Crippen LogP contribution in [0.25, 0.3) is 0 Å². The number of aromatic nitrogens is 1. The number of nitrogens with one attached hydrogen (secondary N) is 1. The molecule has 25 heavy (non-hydrogen) atoms. The maximum Gasteiger partial charge on any atom is 0.317 e. The van der Waals surface area contributed by atoms with Crippen molar-refractivity contribution in [3.63, 3.8) is 0 Å². The highest BCUT2D eigenvalue weighted by atomic mass is 16.5. The number of rotatable bonds is 5. The summed E-state index contributed by atoms with van der Waals surface area (Å²) in [5, 5.41) is 3.07. The molecule has 2 aromatic rings. The highest BCUT2D eigenvalue weighted by molar-refractivity contribution is 5.75. The van der Waals surface area contributed by atoms with Gasteiger partial charge in [0.2, 0.25) is 0 Å². The third-order valence-corrected chi connectivity index (χ3v) is 4.56. The molecule has 1 aliphatic heterocycles. The van der Waals surface area contributed by atoms with Crippen molar-refractivity contribution in [2.24, 2.45) is 5.92 Å². The molecular formula is C20H25N3O2. The van der Waals surface area contributed by atoms with Gasteiger partial charge in [-0.05, 0) is 43.0 Å². The molecule has 1 fully saturated rings. The zero-order valence-electron chi connectivity index (χ0n) is 14.8. The number of hydrogen-bond acceptors (Lipinski definition) is 3. The lowest BCUT2D eigenvalue weighted by molar-refractivity contribution is 0.204. The van der Waals surface area contributed by atoms with Gasteiger partial charge < -0.3 is 15.0 Å². The quantitative estimate of drug-likeness (QED) is 0.902. The molecule has 1 aromatic heterocycles. The Labute approximate surface area is 149 Å². The van der Waals surface area contributed by atoms with Crippen molar-refractivity contribution in [2.45, 2.75) is 32.9 Å². The Balaban J connectivity index is 1.51. The van der Waals surface area contributed by atoms with Gasteiger partial charge in [-0.3, -0.25) is 4.98 Å². The fraction of sp³-hybridized carbons (Fsp3) is 0.400. The average molecular weight is 339 g/mol. The van der Waals surface area contributed by atoms with Gasteiger partial charge in [0.15, 0.2) is 0 Å². The molecule has 2 amide bonds. The van der Waals surface area contributed by atoms with Crippen molar-refractivity contribution >= 4 is 6.03 Å². The van der Waals surface area contributed by atoms with Crippen LogP contribution in [-0.4, -0.2) is 29.0 Å². The normalized spacial score (nSPS) is 18.0. The molecule has 2 heterocycles. The first-order chi connectivity index (χ1) is 12.1. The highest BCUT2D eigenvalue weighted by Crippen LogP contribution is 2.20. The second-order valence-corrected chi connectivity index (χ2v) is 6.73. The Kier molecular flexibility index (Phi) is 5.53. The molecule has 0 radical (unpaired) electrons. The molecule has 3 rings (SSSR count). The zero-order valence-corrected chi connectivity index (χ0v) is 14.8. The minimum absolute atomic E-state index is 0.0220. The van der Waals surface area contributed by atoms with E-state index in [0.717, 1.165) is 36.4 Å². The van der Waals surface area contributed by atoms with E-state index in [2.05, 4.69) is 17.2 Å². The average Bonchev–Trinajstić information content (AvgIpc) is 3.08. The van der Waals surface area contributed by atoms with Gasteiger partial charge in [0.1, 0.15) is 12.4 Å². The molecule has 2 atom stereocenters. The topological polar surface area (TPSA) is 54.5 Å². The molecule has 0 aliphatic carbocycles. The number of benzene rings is 1. The molecule has 5 heteroatoms. The fourth-order valence-corrected chi connectivity index (χ4v) is 2.98. The van der Waals surface area contributed by atoms with Crippen molar-refractivity contribution in [1.29, 1.82) is 0 Å². The monoisotopic (exact) mass is 339 g/mol. The van der Waals surface area contributed by atoms with Crippen LogP contribution in [0.15, 0.2) is 48.8 Å². The van der Waals surface area contributed by atoms with E-state index in [4.69, 9.17) is 4.74 Å². The molecule has 0 saturated carbocycles. The van der Waals surface area contributed by atoms with Crippen molar-refractivity contribution in [3.8, 4) is 5.75 Å². The maximum atomic E-state index is 12.3. The Morgan fingerprint density at radius 2 is 2.16 bits per heavy atom. The van der Waals surface area contributed by atoms with E-state index < -0.39 is 0 Å². The lowest BCUT2D eigenvalue weighted by Gasteiger charge is -2.21. The number of hydrogen-bond donors (Lipinski definition) is 1. The Morgan fingerprint density at radius 3 is 2.80 bits per heavy atom. The van der Waals surface area contributed by atoms with Gasteiger partial charge in [-0.25, -0.2) is 4.79 Å². The predicted octanol–water partition coefficient (Wildman–Crippen LogP) is 3.77. The second kappa shape index (κ2) is 8.01. The largest absolute Gasteiger partial charge is 0.489 e. The lowest BCUT2D eigenvalue weighted by atomic mass is 10.1. The van der Waals surface area contributed by atoms with Crippen LogP contribution >= 0.6 is 0 Å². The first-order valence-electron chi connectivity index (χ1n) is 8.79. The third-order valence-electron chi connectivity index (χ3n) is 4.56.